The lowest BCUT2D eigenvalue weighted by atomic mass is 9.82. The van der Waals surface area contributed by atoms with Crippen molar-refractivity contribution in [3.63, 3.8) is 0 Å². The Balaban J connectivity index is 2.17. The molecule has 0 bridgehead atoms. The summed E-state index contributed by atoms with van der Waals surface area (Å²) in [6.45, 7) is 10.4. The first-order valence-corrected chi connectivity index (χ1v) is 7.30. The standard InChI is InChI=1S/C14H30N2O/c1-3-16(9-10-17-4-2)12-14-7-5-13(11-15)6-8-14/h13-14H,3-12,15H2,1-2H3. The normalized spacial score (nSPS) is 25.4. The van der Waals surface area contributed by atoms with Crippen molar-refractivity contribution in [2.45, 2.75) is 39.5 Å². The molecule has 0 aromatic rings. The van der Waals surface area contributed by atoms with Crippen LogP contribution in [0.15, 0.2) is 0 Å². The highest BCUT2D eigenvalue weighted by Crippen LogP contribution is 2.28. The highest BCUT2D eigenvalue weighted by atomic mass is 16.5. The van der Waals surface area contributed by atoms with Crippen LogP contribution in [0.1, 0.15) is 39.5 Å². The fourth-order valence-electron chi connectivity index (χ4n) is 2.73. The molecule has 0 radical (unpaired) electrons. The number of hydrogen-bond acceptors (Lipinski definition) is 3. The molecule has 3 nitrogen and oxygen atoms in total. The summed E-state index contributed by atoms with van der Waals surface area (Å²) in [6, 6.07) is 0. The first-order valence-electron chi connectivity index (χ1n) is 7.30. The lowest BCUT2D eigenvalue weighted by molar-refractivity contribution is 0.102. The van der Waals surface area contributed by atoms with Crippen LogP contribution in [-0.4, -0.2) is 44.3 Å². The lowest BCUT2D eigenvalue weighted by Gasteiger charge is -2.31. The van der Waals surface area contributed by atoms with Gasteiger partial charge in [-0.1, -0.05) is 6.92 Å². The zero-order chi connectivity index (χ0) is 12.5. The zero-order valence-electron chi connectivity index (χ0n) is 11.7. The Bertz CT molecular complexity index is 176. The van der Waals surface area contributed by atoms with Crippen LogP contribution in [0.4, 0.5) is 0 Å². The van der Waals surface area contributed by atoms with E-state index in [0.29, 0.717) is 0 Å². The van der Waals surface area contributed by atoms with Gasteiger partial charge in [-0.25, -0.2) is 0 Å². The van der Waals surface area contributed by atoms with E-state index in [0.717, 1.165) is 44.7 Å². The van der Waals surface area contributed by atoms with Gasteiger partial charge in [0, 0.05) is 19.7 Å². The summed E-state index contributed by atoms with van der Waals surface area (Å²) in [5.41, 5.74) is 5.73. The molecule has 17 heavy (non-hydrogen) atoms. The molecule has 1 aliphatic rings. The summed E-state index contributed by atoms with van der Waals surface area (Å²) >= 11 is 0. The van der Waals surface area contributed by atoms with E-state index in [4.69, 9.17) is 10.5 Å². The van der Waals surface area contributed by atoms with Crippen molar-refractivity contribution >= 4 is 0 Å². The smallest absolute Gasteiger partial charge is 0.0593 e. The van der Waals surface area contributed by atoms with Crippen LogP contribution in [0.3, 0.4) is 0 Å². The third kappa shape index (κ3) is 5.84. The van der Waals surface area contributed by atoms with E-state index in [2.05, 4.69) is 18.7 Å². The summed E-state index contributed by atoms with van der Waals surface area (Å²) in [6.07, 6.45) is 5.41. The Morgan fingerprint density at radius 1 is 1.12 bits per heavy atom. The molecule has 2 N–H and O–H groups in total. The average molecular weight is 242 g/mol. The summed E-state index contributed by atoms with van der Waals surface area (Å²) in [5.74, 6) is 1.68. The van der Waals surface area contributed by atoms with Crippen molar-refractivity contribution in [3.05, 3.63) is 0 Å². The third-order valence-corrected chi connectivity index (χ3v) is 4.02. The molecule has 0 amide bonds. The minimum atomic E-state index is 0.796. The molecule has 0 unspecified atom stereocenters. The molecular formula is C14H30N2O. The lowest BCUT2D eigenvalue weighted by Crippen LogP contribution is -2.34. The molecule has 3 heteroatoms. The molecule has 0 heterocycles. The molecule has 1 fully saturated rings. The number of nitrogens with zero attached hydrogens (tertiary/aromatic N) is 1. The fourth-order valence-corrected chi connectivity index (χ4v) is 2.73. The fraction of sp³-hybridized carbons (Fsp3) is 1.00. The van der Waals surface area contributed by atoms with Gasteiger partial charge in [0.25, 0.3) is 0 Å². The first kappa shape index (κ1) is 14.9. The molecule has 1 aliphatic carbocycles. The SMILES string of the molecule is CCOCCN(CC)CC1CCC(CN)CC1. The molecule has 0 aromatic heterocycles. The van der Waals surface area contributed by atoms with Gasteiger partial charge in [-0.3, -0.25) is 0 Å². The number of nitrogens with two attached hydrogens (primary N) is 1. The molecule has 0 atom stereocenters. The van der Waals surface area contributed by atoms with Crippen LogP contribution in [0, 0.1) is 11.8 Å². The minimum Gasteiger partial charge on any atom is -0.380 e. The van der Waals surface area contributed by atoms with Crippen molar-refractivity contribution in [2.24, 2.45) is 17.6 Å². The molecule has 0 spiro atoms. The van der Waals surface area contributed by atoms with Crippen LogP contribution in [-0.2, 0) is 4.74 Å². The van der Waals surface area contributed by atoms with E-state index in [9.17, 15) is 0 Å². The topological polar surface area (TPSA) is 38.5 Å². The Kier molecular flexibility index (Phi) is 7.82. The molecule has 1 rings (SSSR count). The van der Waals surface area contributed by atoms with Crippen LogP contribution >= 0.6 is 0 Å². The maximum atomic E-state index is 5.73. The van der Waals surface area contributed by atoms with Gasteiger partial charge in [-0.2, -0.15) is 0 Å². The number of ether oxygens (including phenoxy) is 1. The molecule has 1 saturated carbocycles. The predicted molar refractivity (Wildman–Crippen MR) is 73.1 cm³/mol. The van der Waals surface area contributed by atoms with E-state index in [-0.39, 0.29) is 0 Å². The third-order valence-electron chi connectivity index (χ3n) is 4.02. The summed E-state index contributed by atoms with van der Waals surface area (Å²) in [5, 5.41) is 0. The second-order valence-electron chi connectivity index (χ2n) is 5.21. The van der Waals surface area contributed by atoms with Gasteiger partial charge in [0.15, 0.2) is 0 Å². The summed E-state index contributed by atoms with van der Waals surface area (Å²) in [4.78, 5) is 2.53. The zero-order valence-corrected chi connectivity index (χ0v) is 11.7. The second-order valence-corrected chi connectivity index (χ2v) is 5.21. The Hall–Kier alpha value is -0.120. The summed E-state index contributed by atoms with van der Waals surface area (Å²) in [7, 11) is 0. The van der Waals surface area contributed by atoms with E-state index in [1.54, 1.807) is 0 Å². The van der Waals surface area contributed by atoms with E-state index in [1.165, 1.54) is 32.2 Å². The van der Waals surface area contributed by atoms with Gasteiger partial charge < -0.3 is 15.4 Å². The van der Waals surface area contributed by atoms with Crippen LogP contribution in [0.5, 0.6) is 0 Å². The highest BCUT2D eigenvalue weighted by molar-refractivity contribution is 4.75. The molecular weight excluding hydrogens is 212 g/mol. The van der Waals surface area contributed by atoms with Gasteiger partial charge >= 0.3 is 0 Å². The van der Waals surface area contributed by atoms with Crippen LogP contribution < -0.4 is 5.73 Å². The molecule has 0 aliphatic heterocycles. The van der Waals surface area contributed by atoms with E-state index < -0.39 is 0 Å². The molecule has 0 saturated heterocycles. The monoisotopic (exact) mass is 242 g/mol. The predicted octanol–water partition coefficient (Wildman–Crippen LogP) is 2.11. The van der Waals surface area contributed by atoms with Crippen molar-refractivity contribution in [3.8, 4) is 0 Å². The van der Waals surface area contributed by atoms with Crippen molar-refractivity contribution in [2.75, 3.05) is 39.4 Å². The first-order chi connectivity index (χ1) is 8.30. The molecule has 102 valence electrons. The summed E-state index contributed by atoms with van der Waals surface area (Å²) < 4.78 is 5.43. The van der Waals surface area contributed by atoms with Crippen molar-refractivity contribution in [1.82, 2.24) is 4.90 Å². The Labute approximate surface area is 107 Å². The average Bonchev–Trinajstić information content (AvgIpc) is 2.38. The van der Waals surface area contributed by atoms with Crippen molar-refractivity contribution in [1.29, 1.82) is 0 Å². The highest BCUT2D eigenvalue weighted by Gasteiger charge is 2.21. The van der Waals surface area contributed by atoms with Crippen molar-refractivity contribution < 1.29 is 4.74 Å². The van der Waals surface area contributed by atoms with Gasteiger partial charge in [0.05, 0.1) is 6.61 Å². The maximum Gasteiger partial charge on any atom is 0.0593 e. The largest absolute Gasteiger partial charge is 0.380 e. The van der Waals surface area contributed by atoms with Crippen LogP contribution in [0.2, 0.25) is 0 Å². The number of rotatable bonds is 8. The van der Waals surface area contributed by atoms with E-state index >= 15 is 0 Å². The van der Waals surface area contributed by atoms with Crippen LogP contribution in [0.25, 0.3) is 0 Å². The molecule has 0 aromatic carbocycles. The quantitative estimate of drug-likeness (QED) is 0.663. The second kappa shape index (κ2) is 8.90. The Morgan fingerprint density at radius 2 is 1.76 bits per heavy atom. The van der Waals surface area contributed by atoms with E-state index in [1.807, 2.05) is 0 Å². The Morgan fingerprint density at radius 3 is 2.29 bits per heavy atom. The number of hydrogen-bond donors (Lipinski definition) is 1. The van der Waals surface area contributed by atoms with Gasteiger partial charge in [-0.05, 0) is 57.5 Å². The number of likely N-dealkylation sites (N-methyl/N-ethyl adjacent to an activating group) is 1. The minimum absolute atomic E-state index is 0.796. The maximum absolute atomic E-state index is 5.73. The van der Waals surface area contributed by atoms with Gasteiger partial charge in [0.1, 0.15) is 0 Å². The van der Waals surface area contributed by atoms with Gasteiger partial charge in [0.2, 0.25) is 0 Å². The van der Waals surface area contributed by atoms with Gasteiger partial charge in [-0.15, -0.1) is 0 Å².